The van der Waals surface area contributed by atoms with Gasteiger partial charge in [-0.15, -0.1) is 0 Å². The number of ether oxygens (including phenoxy) is 1. The van der Waals surface area contributed by atoms with Crippen LogP contribution in [0.5, 0.6) is 5.75 Å². The molecule has 0 fully saturated rings. The molecule has 6 heteroatoms. The van der Waals surface area contributed by atoms with E-state index in [2.05, 4.69) is 0 Å². The third kappa shape index (κ3) is 3.02. The second-order valence-corrected chi connectivity index (χ2v) is 3.88. The van der Waals surface area contributed by atoms with Gasteiger partial charge < -0.3 is 14.5 Å². The number of alkyl halides is 1. The first kappa shape index (κ1) is 11.1. The third-order valence-corrected chi connectivity index (χ3v) is 2.41. The van der Waals surface area contributed by atoms with E-state index in [9.17, 15) is 4.39 Å². The predicted octanol–water partition coefficient (Wildman–Crippen LogP) is 1.52. The van der Waals surface area contributed by atoms with E-state index in [1.165, 1.54) is 12.1 Å². The van der Waals surface area contributed by atoms with Gasteiger partial charge in [0.05, 0.1) is 0 Å². The van der Waals surface area contributed by atoms with Crippen molar-refractivity contribution in [1.29, 1.82) is 0 Å². The zero-order valence-electron chi connectivity index (χ0n) is 6.44. The van der Waals surface area contributed by atoms with E-state index >= 15 is 0 Å². The molecule has 1 rings (SSSR count). The van der Waals surface area contributed by atoms with Gasteiger partial charge in [0, 0.05) is 5.30 Å². The highest BCUT2D eigenvalue weighted by Gasteiger charge is 2.08. The standard InChI is InChI=1S/C7H7FIO3P/c8-6-3-5(13(10)11)1-2-7(6)12-4-9/h1-3,10-11H,4H2. The number of hydrogen-bond donors (Lipinski definition) is 2. The average Bonchev–Trinajstić information content (AvgIpc) is 2.08. The molecule has 0 aromatic heterocycles. The van der Waals surface area contributed by atoms with Crippen molar-refractivity contribution in [2.45, 2.75) is 0 Å². The Morgan fingerprint density at radius 1 is 1.46 bits per heavy atom. The highest BCUT2D eigenvalue weighted by Crippen LogP contribution is 2.25. The van der Waals surface area contributed by atoms with Gasteiger partial charge in [-0.2, -0.15) is 0 Å². The van der Waals surface area contributed by atoms with E-state index in [4.69, 9.17) is 14.5 Å². The smallest absolute Gasteiger partial charge is 0.199 e. The Labute approximate surface area is 89.6 Å². The fourth-order valence-corrected chi connectivity index (χ4v) is 1.56. The van der Waals surface area contributed by atoms with Crippen LogP contribution in [0.15, 0.2) is 18.2 Å². The zero-order chi connectivity index (χ0) is 9.84. The molecular formula is C7H7FIO3P. The molecule has 3 nitrogen and oxygen atoms in total. The Morgan fingerprint density at radius 2 is 2.15 bits per heavy atom. The molecule has 13 heavy (non-hydrogen) atoms. The molecule has 2 N–H and O–H groups in total. The van der Waals surface area contributed by atoms with Gasteiger partial charge in [0.25, 0.3) is 0 Å². The molecule has 0 aliphatic rings. The summed E-state index contributed by atoms with van der Waals surface area (Å²) in [5.41, 5.74) is 0. The molecule has 0 saturated carbocycles. The lowest BCUT2D eigenvalue weighted by Crippen LogP contribution is -2.02. The Kier molecular flexibility index (Phi) is 4.31. The molecule has 0 aliphatic carbocycles. The number of hydrogen-bond acceptors (Lipinski definition) is 3. The largest absolute Gasteiger partial charge is 0.480 e. The molecule has 0 aliphatic heterocycles. The fraction of sp³-hybridized carbons (Fsp3) is 0.143. The van der Waals surface area contributed by atoms with Gasteiger partial charge in [-0.25, -0.2) is 4.39 Å². The first-order valence-electron chi connectivity index (χ1n) is 3.31. The van der Waals surface area contributed by atoms with Gasteiger partial charge in [-0.1, -0.05) is 0 Å². The van der Waals surface area contributed by atoms with Crippen LogP contribution in [0, 0.1) is 5.82 Å². The predicted molar refractivity (Wildman–Crippen MR) is 56.9 cm³/mol. The minimum absolute atomic E-state index is 0.120. The highest BCUT2D eigenvalue weighted by atomic mass is 127. The van der Waals surface area contributed by atoms with Gasteiger partial charge in [0.1, 0.15) is 4.61 Å². The molecular weight excluding hydrogens is 309 g/mol. The average molecular weight is 316 g/mol. The maximum atomic E-state index is 13.1. The van der Waals surface area contributed by atoms with Crippen LogP contribution in [-0.2, 0) is 0 Å². The first-order chi connectivity index (χ1) is 6.15. The Hall–Kier alpha value is 0.0300. The Balaban J connectivity index is 2.92. The molecule has 1 aromatic carbocycles. The summed E-state index contributed by atoms with van der Waals surface area (Å²) in [5.74, 6) is -0.459. The van der Waals surface area contributed by atoms with Crippen LogP contribution in [-0.4, -0.2) is 14.4 Å². The minimum Gasteiger partial charge on any atom is -0.480 e. The van der Waals surface area contributed by atoms with E-state index in [1.54, 1.807) is 0 Å². The van der Waals surface area contributed by atoms with Gasteiger partial charge in [0.2, 0.25) is 0 Å². The monoisotopic (exact) mass is 316 g/mol. The molecule has 1 aromatic rings. The molecule has 72 valence electrons. The van der Waals surface area contributed by atoms with Crippen LogP contribution in [0.4, 0.5) is 4.39 Å². The van der Waals surface area contributed by atoms with Crippen LogP contribution in [0.25, 0.3) is 0 Å². The molecule has 0 heterocycles. The van der Waals surface area contributed by atoms with Crippen molar-refractivity contribution < 1.29 is 18.9 Å². The van der Waals surface area contributed by atoms with E-state index in [1.807, 2.05) is 22.6 Å². The summed E-state index contributed by atoms with van der Waals surface area (Å²) >= 11 is 1.95. The molecule has 0 bridgehead atoms. The molecule has 0 amide bonds. The van der Waals surface area contributed by atoms with E-state index in [0.29, 0.717) is 4.61 Å². The molecule has 0 saturated heterocycles. The van der Waals surface area contributed by atoms with Crippen molar-refractivity contribution in [1.82, 2.24) is 0 Å². The summed E-state index contributed by atoms with van der Waals surface area (Å²) in [6, 6.07) is 3.87. The second kappa shape index (κ2) is 5.05. The van der Waals surface area contributed by atoms with Crippen LogP contribution >= 0.6 is 31.0 Å². The van der Waals surface area contributed by atoms with Crippen LogP contribution in [0.2, 0.25) is 0 Å². The summed E-state index contributed by atoms with van der Waals surface area (Å²) in [6.07, 6.45) is 0. The summed E-state index contributed by atoms with van der Waals surface area (Å²) < 4.78 is 18.3. The van der Waals surface area contributed by atoms with E-state index in [-0.39, 0.29) is 11.1 Å². The maximum absolute atomic E-state index is 13.1. The second-order valence-electron chi connectivity index (χ2n) is 2.16. The van der Waals surface area contributed by atoms with Gasteiger partial charge in [0.15, 0.2) is 19.9 Å². The first-order valence-corrected chi connectivity index (χ1v) is 6.08. The van der Waals surface area contributed by atoms with E-state index < -0.39 is 14.2 Å². The maximum Gasteiger partial charge on any atom is 0.199 e. The van der Waals surface area contributed by atoms with Crippen molar-refractivity contribution in [2.24, 2.45) is 0 Å². The number of rotatable bonds is 3. The summed E-state index contributed by atoms with van der Waals surface area (Å²) in [6.45, 7) is 0. The van der Waals surface area contributed by atoms with Gasteiger partial charge >= 0.3 is 0 Å². The third-order valence-electron chi connectivity index (χ3n) is 1.36. The van der Waals surface area contributed by atoms with Crippen LogP contribution in [0.3, 0.4) is 0 Å². The summed E-state index contributed by atoms with van der Waals surface area (Å²) in [5, 5.41) is 0.174. The topological polar surface area (TPSA) is 49.7 Å². The van der Waals surface area contributed by atoms with Crippen LogP contribution < -0.4 is 10.0 Å². The van der Waals surface area contributed by atoms with Crippen molar-refractivity contribution in [3.63, 3.8) is 0 Å². The van der Waals surface area contributed by atoms with Crippen molar-refractivity contribution in [3.05, 3.63) is 24.0 Å². The molecule has 0 radical (unpaired) electrons. The molecule has 0 unspecified atom stereocenters. The number of benzene rings is 1. The quantitative estimate of drug-likeness (QED) is 0.505. The lowest BCUT2D eigenvalue weighted by molar-refractivity contribution is 0.378. The van der Waals surface area contributed by atoms with Gasteiger partial charge in [-0.3, -0.25) is 0 Å². The van der Waals surface area contributed by atoms with Crippen molar-refractivity contribution in [3.8, 4) is 5.75 Å². The van der Waals surface area contributed by atoms with Gasteiger partial charge in [-0.05, 0) is 40.8 Å². The lowest BCUT2D eigenvalue weighted by Gasteiger charge is -2.06. The minimum atomic E-state index is -2.23. The summed E-state index contributed by atoms with van der Waals surface area (Å²) in [4.78, 5) is 17.6. The van der Waals surface area contributed by atoms with Crippen molar-refractivity contribution in [2.75, 3.05) is 4.61 Å². The zero-order valence-corrected chi connectivity index (χ0v) is 9.50. The summed E-state index contributed by atoms with van der Waals surface area (Å²) in [7, 11) is -2.23. The molecule has 0 atom stereocenters. The fourth-order valence-electron chi connectivity index (χ4n) is 0.790. The normalized spacial score (nSPS) is 10.5. The van der Waals surface area contributed by atoms with E-state index in [0.717, 1.165) is 6.07 Å². The Bertz CT molecular complexity index is 295. The highest BCUT2D eigenvalue weighted by molar-refractivity contribution is 14.1. The van der Waals surface area contributed by atoms with Crippen LogP contribution in [0.1, 0.15) is 0 Å². The van der Waals surface area contributed by atoms with Crippen molar-refractivity contribution >= 4 is 36.3 Å². The number of halogens is 2. The molecule has 0 spiro atoms. The Morgan fingerprint density at radius 3 is 2.62 bits per heavy atom. The lowest BCUT2D eigenvalue weighted by atomic mass is 10.3. The SMILES string of the molecule is OP(O)c1ccc(OCI)c(F)c1.